The number of ether oxygens (including phenoxy) is 1. The highest BCUT2D eigenvalue weighted by Gasteiger charge is 2.33. The van der Waals surface area contributed by atoms with Crippen LogP contribution in [-0.2, 0) is 4.74 Å². The first-order valence-corrected chi connectivity index (χ1v) is 8.60. The summed E-state index contributed by atoms with van der Waals surface area (Å²) in [6.45, 7) is 11.1. The number of hydrogen-bond acceptors (Lipinski definition) is 3. The molecule has 22 heavy (non-hydrogen) atoms. The summed E-state index contributed by atoms with van der Waals surface area (Å²) in [6, 6.07) is 0. The summed E-state index contributed by atoms with van der Waals surface area (Å²) in [6.07, 6.45) is 7.67. The van der Waals surface area contributed by atoms with E-state index in [1.807, 2.05) is 19.9 Å². The molecule has 1 aliphatic rings. The number of nitrogens with zero attached hydrogens (tertiary/aromatic N) is 1. The minimum Gasteiger partial charge on any atom is -0.446 e. The average Bonchev–Trinajstić information content (AvgIpc) is 2.46. The van der Waals surface area contributed by atoms with Gasteiger partial charge in [-0.25, -0.2) is 4.79 Å². The molecule has 4 heteroatoms. The van der Waals surface area contributed by atoms with E-state index in [4.69, 9.17) is 4.74 Å². The fourth-order valence-electron chi connectivity index (χ4n) is 3.14. The largest absolute Gasteiger partial charge is 0.446 e. The second-order valence-corrected chi connectivity index (χ2v) is 6.59. The SMILES string of the molecule is CC=N/C(=C\CNC(=O)OC1CC(C)CCC1C(C)C)CC. The Labute approximate surface area is 135 Å². The Kier molecular flexibility index (Phi) is 8.21. The highest BCUT2D eigenvalue weighted by Crippen LogP contribution is 2.35. The first kappa shape index (κ1) is 18.7. The van der Waals surface area contributed by atoms with Gasteiger partial charge in [0.25, 0.3) is 0 Å². The summed E-state index contributed by atoms with van der Waals surface area (Å²) in [4.78, 5) is 16.3. The van der Waals surface area contributed by atoms with Gasteiger partial charge in [0.05, 0.1) is 0 Å². The molecule has 1 fully saturated rings. The van der Waals surface area contributed by atoms with Gasteiger partial charge in [-0.05, 0) is 50.0 Å². The van der Waals surface area contributed by atoms with Crippen molar-refractivity contribution in [3.8, 4) is 0 Å². The van der Waals surface area contributed by atoms with Crippen molar-refractivity contribution in [2.45, 2.75) is 66.4 Å². The van der Waals surface area contributed by atoms with Crippen LogP contribution in [0.2, 0.25) is 0 Å². The summed E-state index contributed by atoms with van der Waals surface area (Å²) in [5.74, 6) is 1.67. The molecule has 1 amide bonds. The molecule has 126 valence electrons. The van der Waals surface area contributed by atoms with Crippen LogP contribution in [0.4, 0.5) is 4.79 Å². The second-order valence-electron chi connectivity index (χ2n) is 6.59. The molecule has 0 heterocycles. The summed E-state index contributed by atoms with van der Waals surface area (Å²) in [7, 11) is 0. The van der Waals surface area contributed by atoms with Gasteiger partial charge < -0.3 is 10.1 Å². The van der Waals surface area contributed by atoms with Crippen LogP contribution in [0.15, 0.2) is 16.8 Å². The van der Waals surface area contributed by atoms with Crippen LogP contribution >= 0.6 is 0 Å². The number of hydrogen-bond donors (Lipinski definition) is 1. The molecule has 1 rings (SSSR count). The summed E-state index contributed by atoms with van der Waals surface area (Å²) < 4.78 is 5.69. The van der Waals surface area contributed by atoms with E-state index < -0.39 is 0 Å². The summed E-state index contributed by atoms with van der Waals surface area (Å²) in [5.41, 5.74) is 0.981. The molecule has 0 radical (unpaired) electrons. The number of carbonyl (C=O) groups is 1. The van der Waals surface area contributed by atoms with E-state index in [2.05, 4.69) is 31.1 Å². The third-order valence-corrected chi connectivity index (χ3v) is 4.46. The fourth-order valence-corrected chi connectivity index (χ4v) is 3.14. The third kappa shape index (κ3) is 6.20. The lowest BCUT2D eigenvalue weighted by atomic mass is 9.75. The quantitative estimate of drug-likeness (QED) is 0.731. The maximum Gasteiger partial charge on any atom is 0.407 e. The van der Waals surface area contributed by atoms with Crippen molar-refractivity contribution in [1.29, 1.82) is 0 Å². The third-order valence-electron chi connectivity index (χ3n) is 4.46. The van der Waals surface area contributed by atoms with E-state index in [1.165, 1.54) is 6.42 Å². The Morgan fingerprint density at radius 1 is 1.41 bits per heavy atom. The van der Waals surface area contributed by atoms with Gasteiger partial charge in [-0.1, -0.05) is 34.1 Å². The van der Waals surface area contributed by atoms with Crippen molar-refractivity contribution in [2.75, 3.05) is 6.54 Å². The number of aliphatic imine (C=N–C) groups is 1. The maximum absolute atomic E-state index is 12.0. The zero-order valence-corrected chi connectivity index (χ0v) is 14.8. The molecule has 0 bridgehead atoms. The van der Waals surface area contributed by atoms with Gasteiger partial charge in [0.2, 0.25) is 0 Å². The number of nitrogens with one attached hydrogen (secondary N) is 1. The molecule has 1 aliphatic carbocycles. The number of allylic oxidation sites excluding steroid dienone is 1. The molecule has 3 unspecified atom stereocenters. The number of rotatable bonds is 6. The highest BCUT2D eigenvalue weighted by atomic mass is 16.6. The summed E-state index contributed by atoms with van der Waals surface area (Å²) >= 11 is 0. The van der Waals surface area contributed by atoms with Crippen LogP contribution in [0, 0.1) is 17.8 Å². The number of amides is 1. The van der Waals surface area contributed by atoms with E-state index in [0.29, 0.717) is 24.3 Å². The predicted octanol–water partition coefficient (Wildman–Crippen LogP) is 4.56. The lowest BCUT2D eigenvalue weighted by Gasteiger charge is -2.36. The van der Waals surface area contributed by atoms with Gasteiger partial charge >= 0.3 is 6.09 Å². The van der Waals surface area contributed by atoms with E-state index in [9.17, 15) is 4.79 Å². The zero-order valence-electron chi connectivity index (χ0n) is 14.8. The molecule has 1 N–H and O–H groups in total. The Balaban J connectivity index is 2.48. The van der Waals surface area contributed by atoms with Crippen molar-refractivity contribution >= 4 is 12.3 Å². The molecule has 0 saturated heterocycles. The Morgan fingerprint density at radius 3 is 2.73 bits per heavy atom. The Bertz CT molecular complexity index is 402. The fraction of sp³-hybridized carbons (Fsp3) is 0.778. The highest BCUT2D eigenvalue weighted by molar-refractivity contribution is 5.67. The number of alkyl carbamates (subject to hydrolysis) is 1. The normalized spacial score (nSPS) is 26.5. The van der Waals surface area contributed by atoms with Crippen LogP contribution in [-0.4, -0.2) is 25.0 Å². The first-order valence-electron chi connectivity index (χ1n) is 8.60. The van der Waals surface area contributed by atoms with Gasteiger partial charge in [0, 0.05) is 18.5 Å². The monoisotopic (exact) mass is 308 g/mol. The van der Waals surface area contributed by atoms with Gasteiger partial charge in [0.15, 0.2) is 0 Å². The van der Waals surface area contributed by atoms with E-state index >= 15 is 0 Å². The molecule has 0 aliphatic heterocycles. The predicted molar refractivity (Wildman–Crippen MR) is 92.2 cm³/mol. The van der Waals surface area contributed by atoms with Crippen molar-refractivity contribution < 1.29 is 9.53 Å². The van der Waals surface area contributed by atoms with Crippen molar-refractivity contribution in [1.82, 2.24) is 5.32 Å². The van der Waals surface area contributed by atoms with E-state index in [-0.39, 0.29) is 12.2 Å². The standard InChI is InChI=1S/C18H32N2O2/c1-6-15(19-7-2)10-11-20-18(21)22-17-12-14(5)8-9-16(17)13(3)4/h7,10,13-14,16-17H,6,8-9,11-12H2,1-5H3,(H,20,21)/b15-10-,19-7?. The van der Waals surface area contributed by atoms with Crippen molar-refractivity contribution in [3.63, 3.8) is 0 Å². The Hall–Kier alpha value is -1.32. The van der Waals surface area contributed by atoms with E-state index in [1.54, 1.807) is 6.21 Å². The van der Waals surface area contributed by atoms with Gasteiger partial charge in [-0.15, -0.1) is 0 Å². The van der Waals surface area contributed by atoms with E-state index in [0.717, 1.165) is 25.0 Å². The molecule has 0 aromatic rings. The van der Waals surface area contributed by atoms with Gasteiger partial charge in [-0.2, -0.15) is 0 Å². The first-order chi connectivity index (χ1) is 10.5. The molecule has 3 atom stereocenters. The number of carbonyl (C=O) groups excluding carboxylic acids is 1. The average molecular weight is 308 g/mol. The maximum atomic E-state index is 12.0. The molecule has 1 saturated carbocycles. The van der Waals surface area contributed by atoms with Crippen LogP contribution < -0.4 is 5.32 Å². The molecular weight excluding hydrogens is 276 g/mol. The molecule has 4 nitrogen and oxygen atoms in total. The Morgan fingerprint density at radius 2 is 2.14 bits per heavy atom. The van der Waals surface area contributed by atoms with Gasteiger partial charge in [-0.3, -0.25) is 4.99 Å². The molecule has 0 aromatic heterocycles. The minimum atomic E-state index is -0.308. The van der Waals surface area contributed by atoms with Gasteiger partial charge in [0.1, 0.15) is 6.10 Å². The summed E-state index contributed by atoms with van der Waals surface area (Å²) in [5, 5.41) is 2.82. The molecule has 0 aromatic carbocycles. The minimum absolute atomic E-state index is 0.0482. The van der Waals surface area contributed by atoms with Crippen LogP contribution in [0.1, 0.15) is 60.3 Å². The second kappa shape index (κ2) is 9.65. The van der Waals surface area contributed by atoms with Crippen LogP contribution in [0.5, 0.6) is 0 Å². The van der Waals surface area contributed by atoms with Crippen molar-refractivity contribution in [2.24, 2.45) is 22.7 Å². The smallest absolute Gasteiger partial charge is 0.407 e. The lowest BCUT2D eigenvalue weighted by Crippen LogP contribution is -2.38. The van der Waals surface area contributed by atoms with Crippen molar-refractivity contribution in [3.05, 3.63) is 11.8 Å². The molecule has 0 spiro atoms. The topological polar surface area (TPSA) is 50.7 Å². The molecular formula is C18H32N2O2. The van der Waals surface area contributed by atoms with Crippen LogP contribution in [0.3, 0.4) is 0 Å². The van der Waals surface area contributed by atoms with Crippen LogP contribution in [0.25, 0.3) is 0 Å². The lowest BCUT2D eigenvalue weighted by molar-refractivity contribution is 0.00660. The zero-order chi connectivity index (χ0) is 16.5.